The molecule has 0 heterocycles. The summed E-state index contributed by atoms with van der Waals surface area (Å²) in [6.45, 7) is 36.4. The number of unbranched alkanes of at least 4 members (excludes halogenated alkanes) is 4. The zero-order chi connectivity index (χ0) is 39.1. The van der Waals surface area contributed by atoms with Crippen molar-refractivity contribution in [3.05, 3.63) is 106 Å². The third kappa shape index (κ3) is 12.4. The number of hydrogen-bond donors (Lipinski definition) is 0. The van der Waals surface area contributed by atoms with Gasteiger partial charge in [-0.1, -0.05) is 195 Å². The Balaban J connectivity index is 0.000000465. The van der Waals surface area contributed by atoms with Gasteiger partial charge in [0.1, 0.15) is 0 Å². The van der Waals surface area contributed by atoms with E-state index in [-0.39, 0.29) is 21.7 Å². The standard InChI is InChI=1S/C34H48B.C16H36N/c1-31(2,3)25-17-10-13-20-28(25)34(23-16-24-35,29-21-14-11-18-26(29)32(4,5)6)30-22-15-12-19-27(30)33(7,8)9;1-5-9-13-17(14-10-6-2,15-11-7-3)16-12-8-4/h10-15,17-22H,16,23-24H2,1-9,35H3;5-16H2,1-4H3/q-1;+1. The molecule has 0 bridgehead atoms. The molecular weight excluding hydrogens is 625 g/mol. The molecule has 0 aliphatic carbocycles. The largest absolute Gasteiger partial charge is 0.324 e. The van der Waals surface area contributed by atoms with Gasteiger partial charge in [0.25, 0.3) is 0 Å². The fourth-order valence-corrected chi connectivity index (χ4v) is 8.28. The van der Waals surface area contributed by atoms with Crippen molar-refractivity contribution in [3.8, 4) is 0 Å². The highest BCUT2D eigenvalue weighted by molar-refractivity contribution is 6.08. The minimum Gasteiger partial charge on any atom is -0.324 e. The van der Waals surface area contributed by atoms with Gasteiger partial charge in [0.05, 0.1) is 26.2 Å². The zero-order valence-corrected chi connectivity index (χ0v) is 36.0. The normalized spacial score (nSPS) is 12.8. The summed E-state index contributed by atoms with van der Waals surface area (Å²) in [5, 5.41) is 0. The zero-order valence-electron chi connectivity index (χ0n) is 36.0. The predicted octanol–water partition coefficient (Wildman–Crippen LogP) is 13.5. The maximum Gasteiger partial charge on any atom is 0.0786 e. The third-order valence-corrected chi connectivity index (χ3v) is 11.1. The van der Waals surface area contributed by atoms with E-state index in [1.54, 1.807) is 0 Å². The van der Waals surface area contributed by atoms with Crippen LogP contribution in [0.5, 0.6) is 0 Å². The molecule has 52 heavy (non-hydrogen) atoms. The molecule has 0 amide bonds. The third-order valence-electron chi connectivity index (χ3n) is 11.1. The van der Waals surface area contributed by atoms with Crippen LogP contribution in [0.1, 0.15) is 188 Å². The van der Waals surface area contributed by atoms with Gasteiger partial charge in [0.15, 0.2) is 0 Å². The first kappa shape index (κ1) is 45.8. The van der Waals surface area contributed by atoms with Crippen LogP contribution in [0.3, 0.4) is 0 Å². The minimum absolute atomic E-state index is 0.0587. The van der Waals surface area contributed by atoms with Crippen LogP contribution in [0.2, 0.25) is 6.32 Å². The highest BCUT2D eigenvalue weighted by Gasteiger charge is 2.43. The quantitative estimate of drug-likeness (QED) is 0.0701. The average Bonchev–Trinajstić information content (AvgIpc) is 3.11. The van der Waals surface area contributed by atoms with Gasteiger partial charge in [-0.3, -0.25) is 0 Å². The molecule has 0 spiro atoms. The molecule has 1 nitrogen and oxygen atoms in total. The second-order valence-corrected chi connectivity index (χ2v) is 18.5. The maximum absolute atomic E-state index is 2.45. The summed E-state index contributed by atoms with van der Waals surface area (Å²) in [6.07, 6.45) is 14.9. The number of hydrogen-bond acceptors (Lipinski definition) is 0. The molecule has 0 saturated carbocycles. The molecule has 0 unspecified atom stereocenters. The number of benzene rings is 3. The van der Waals surface area contributed by atoms with Gasteiger partial charge in [-0.2, -0.15) is 6.32 Å². The van der Waals surface area contributed by atoms with Crippen molar-refractivity contribution in [2.75, 3.05) is 26.2 Å². The van der Waals surface area contributed by atoms with Gasteiger partial charge < -0.3 is 4.48 Å². The lowest BCUT2D eigenvalue weighted by atomic mass is 9.58. The van der Waals surface area contributed by atoms with Crippen molar-refractivity contribution in [2.24, 2.45) is 0 Å². The van der Waals surface area contributed by atoms with E-state index in [2.05, 4.69) is 163 Å². The van der Waals surface area contributed by atoms with E-state index in [1.165, 1.54) is 128 Å². The van der Waals surface area contributed by atoms with Gasteiger partial charge in [-0.05, 0) is 89.6 Å². The molecule has 0 aliphatic rings. The Bertz CT molecular complexity index is 1250. The molecule has 292 valence electrons. The average molecular weight is 710 g/mol. The van der Waals surface area contributed by atoms with Crippen molar-refractivity contribution in [2.45, 2.75) is 182 Å². The predicted molar refractivity (Wildman–Crippen MR) is 239 cm³/mol. The molecule has 0 fully saturated rings. The molecule has 3 aromatic carbocycles. The van der Waals surface area contributed by atoms with Gasteiger partial charge in [0, 0.05) is 5.41 Å². The van der Waals surface area contributed by atoms with E-state index in [1.807, 2.05) is 0 Å². The van der Waals surface area contributed by atoms with Crippen molar-refractivity contribution in [1.29, 1.82) is 0 Å². The number of quaternary nitrogens is 1. The van der Waals surface area contributed by atoms with Gasteiger partial charge >= 0.3 is 0 Å². The molecule has 3 rings (SSSR count). The first-order valence-electron chi connectivity index (χ1n) is 20.9. The van der Waals surface area contributed by atoms with E-state index in [0.29, 0.717) is 7.85 Å². The first-order chi connectivity index (χ1) is 24.5. The topological polar surface area (TPSA) is 0 Å². The summed E-state index contributed by atoms with van der Waals surface area (Å²) < 4.78 is 1.42. The monoisotopic (exact) mass is 710 g/mol. The minimum atomic E-state index is -0.189. The lowest BCUT2D eigenvalue weighted by Gasteiger charge is -2.45. The van der Waals surface area contributed by atoms with Crippen LogP contribution in [0.25, 0.3) is 0 Å². The summed E-state index contributed by atoms with van der Waals surface area (Å²) in [5.41, 5.74) is 8.88. The molecule has 0 aromatic heterocycles. The summed E-state index contributed by atoms with van der Waals surface area (Å²) in [6, 6.07) is 28.0. The van der Waals surface area contributed by atoms with Crippen molar-refractivity contribution in [1.82, 2.24) is 0 Å². The van der Waals surface area contributed by atoms with Gasteiger partial charge in [0.2, 0.25) is 0 Å². The molecule has 3 aromatic rings. The van der Waals surface area contributed by atoms with Gasteiger partial charge in [-0.15, -0.1) is 0 Å². The Morgan fingerprint density at radius 1 is 0.404 bits per heavy atom. The van der Waals surface area contributed by atoms with Crippen LogP contribution >= 0.6 is 0 Å². The van der Waals surface area contributed by atoms with Gasteiger partial charge in [-0.25, -0.2) is 0 Å². The van der Waals surface area contributed by atoms with E-state index in [9.17, 15) is 0 Å². The fourth-order valence-electron chi connectivity index (χ4n) is 8.28. The van der Waals surface area contributed by atoms with Crippen LogP contribution in [-0.2, 0) is 21.7 Å². The number of nitrogens with zero attached hydrogens (tertiary/aromatic N) is 1. The summed E-state index contributed by atoms with van der Waals surface area (Å²) in [4.78, 5) is 0. The molecule has 2 heteroatoms. The molecule has 0 radical (unpaired) electrons. The molecular formula is C50H84BN. The van der Waals surface area contributed by atoms with E-state index < -0.39 is 0 Å². The Labute approximate surface area is 325 Å². The molecule has 0 atom stereocenters. The second kappa shape index (κ2) is 21.0. The van der Waals surface area contributed by atoms with E-state index >= 15 is 0 Å². The summed E-state index contributed by atoms with van der Waals surface area (Å²) >= 11 is 0. The molecule has 0 N–H and O–H groups in total. The first-order valence-corrected chi connectivity index (χ1v) is 20.9. The fraction of sp³-hybridized carbons (Fsp3) is 0.640. The van der Waals surface area contributed by atoms with Crippen molar-refractivity contribution < 1.29 is 4.48 Å². The van der Waals surface area contributed by atoms with Crippen LogP contribution < -0.4 is 0 Å². The maximum atomic E-state index is 2.45. The van der Waals surface area contributed by atoms with E-state index in [4.69, 9.17) is 0 Å². The Morgan fingerprint density at radius 2 is 0.654 bits per heavy atom. The summed E-state index contributed by atoms with van der Waals surface area (Å²) in [7, 11) is 0.367. The second-order valence-electron chi connectivity index (χ2n) is 18.5. The van der Waals surface area contributed by atoms with Crippen LogP contribution in [-0.4, -0.2) is 38.5 Å². The highest BCUT2D eigenvalue weighted by atomic mass is 15.3. The SMILES string of the molecule is CCCC[N+](CCCC)(CCCC)CCCC.[BH3-]CCCC(c1ccccc1C(C)(C)C)(c1ccccc1C(C)(C)C)c1ccccc1C(C)(C)C. The molecule has 0 saturated heterocycles. The Hall–Kier alpha value is -2.32. The van der Waals surface area contributed by atoms with Crippen LogP contribution in [0, 0.1) is 0 Å². The van der Waals surface area contributed by atoms with Crippen LogP contribution in [0.4, 0.5) is 0 Å². The molecule has 0 aliphatic heterocycles. The smallest absolute Gasteiger partial charge is 0.0786 e. The Morgan fingerprint density at radius 3 is 0.865 bits per heavy atom. The Kier molecular flexibility index (Phi) is 18.5. The lowest BCUT2D eigenvalue weighted by Crippen LogP contribution is -2.50. The van der Waals surface area contributed by atoms with Crippen molar-refractivity contribution in [3.63, 3.8) is 0 Å². The summed E-state index contributed by atoms with van der Waals surface area (Å²) in [5.74, 6) is 0. The highest BCUT2D eigenvalue weighted by Crippen LogP contribution is 2.51. The van der Waals surface area contributed by atoms with E-state index in [0.717, 1.165) is 6.42 Å². The number of rotatable bonds is 18. The van der Waals surface area contributed by atoms with Crippen LogP contribution in [0.15, 0.2) is 72.8 Å². The van der Waals surface area contributed by atoms with Crippen molar-refractivity contribution >= 4 is 7.85 Å². The lowest BCUT2D eigenvalue weighted by molar-refractivity contribution is -0.929.